The lowest BCUT2D eigenvalue weighted by atomic mass is 10.1. The van der Waals surface area contributed by atoms with Gasteiger partial charge in [0.1, 0.15) is 14.2 Å². The summed E-state index contributed by atoms with van der Waals surface area (Å²) >= 11 is 0. The van der Waals surface area contributed by atoms with E-state index < -0.39 is 25.9 Å². The molecule has 162 valence electrons. The molecule has 0 spiro atoms. The Morgan fingerprint density at radius 3 is 2.39 bits per heavy atom. The molecule has 0 saturated heterocycles. The van der Waals surface area contributed by atoms with Crippen LogP contribution in [0.25, 0.3) is 11.5 Å². The van der Waals surface area contributed by atoms with Crippen molar-refractivity contribution in [1.82, 2.24) is 10.2 Å². The molecule has 0 aliphatic heterocycles. The van der Waals surface area contributed by atoms with E-state index >= 15 is 0 Å². The van der Waals surface area contributed by atoms with Crippen LogP contribution in [-0.4, -0.2) is 23.4 Å². The molecule has 1 unspecified atom stereocenters. The van der Waals surface area contributed by atoms with Crippen molar-refractivity contribution in [3.63, 3.8) is 0 Å². The second-order valence-corrected chi connectivity index (χ2v) is 12.7. The lowest BCUT2D eigenvalue weighted by Gasteiger charge is -2.11. The molecule has 31 heavy (non-hydrogen) atoms. The fraction of sp³-hybridized carbons (Fsp3) is 0.273. The van der Waals surface area contributed by atoms with Crippen molar-refractivity contribution in [1.29, 1.82) is 0 Å². The maximum Gasteiger partial charge on any atom is 0.416 e. The maximum atomic E-state index is 12.8. The number of nitrogens with zero attached hydrogens (tertiary/aromatic N) is 2. The summed E-state index contributed by atoms with van der Waals surface area (Å²) < 4.78 is 43.9. The van der Waals surface area contributed by atoms with Gasteiger partial charge in [-0.15, -0.1) is 21.7 Å². The van der Waals surface area contributed by atoms with Gasteiger partial charge in [0.2, 0.25) is 11.8 Å². The monoisotopic (exact) mass is 445 g/mol. The Morgan fingerprint density at radius 1 is 1.06 bits per heavy atom. The van der Waals surface area contributed by atoms with Crippen LogP contribution in [0.4, 0.5) is 24.5 Å². The van der Waals surface area contributed by atoms with E-state index in [0.29, 0.717) is 16.9 Å². The normalized spacial score (nSPS) is 12.7. The van der Waals surface area contributed by atoms with Gasteiger partial charge in [-0.25, -0.2) is 0 Å². The molecule has 0 bridgehead atoms. The highest BCUT2D eigenvalue weighted by atomic mass is 28.3. The van der Waals surface area contributed by atoms with Gasteiger partial charge in [-0.3, -0.25) is 0 Å². The fourth-order valence-corrected chi connectivity index (χ4v) is 3.29. The molecular formula is C22H22F3N3O2Si. The van der Waals surface area contributed by atoms with Gasteiger partial charge in [0, 0.05) is 12.1 Å². The number of rotatable bonds is 5. The third-order valence-electron chi connectivity index (χ3n) is 4.13. The Morgan fingerprint density at radius 2 is 1.74 bits per heavy atom. The summed E-state index contributed by atoms with van der Waals surface area (Å²) in [5.41, 5.74) is 4.05. The Hall–Kier alpha value is -3.09. The maximum absolute atomic E-state index is 12.8. The number of anilines is 2. The first kappa shape index (κ1) is 22.6. The van der Waals surface area contributed by atoms with E-state index in [1.165, 1.54) is 12.1 Å². The van der Waals surface area contributed by atoms with Crippen LogP contribution >= 0.6 is 0 Å². The number of halogens is 3. The van der Waals surface area contributed by atoms with Crippen LogP contribution in [0.3, 0.4) is 0 Å². The zero-order valence-electron chi connectivity index (χ0n) is 17.3. The van der Waals surface area contributed by atoms with Crippen LogP contribution in [0.2, 0.25) is 19.6 Å². The molecule has 3 rings (SSSR count). The minimum Gasteiger partial charge on any atom is -0.418 e. The van der Waals surface area contributed by atoms with Gasteiger partial charge in [0.25, 0.3) is 0 Å². The number of hydrogen-bond acceptors (Lipinski definition) is 5. The summed E-state index contributed by atoms with van der Waals surface area (Å²) in [5, 5.41) is 21.3. The predicted octanol–water partition coefficient (Wildman–Crippen LogP) is 5.80. The molecule has 2 N–H and O–H groups in total. The summed E-state index contributed by atoms with van der Waals surface area (Å²) in [6.07, 6.45) is -5.20. The van der Waals surface area contributed by atoms with E-state index in [1.54, 1.807) is 24.3 Å². The molecule has 5 nitrogen and oxygen atoms in total. The van der Waals surface area contributed by atoms with Gasteiger partial charge in [0.15, 0.2) is 0 Å². The summed E-state index contributed by atoms with van der Waals surface area (Å²) in [6, 6.07) is 11.7. The van der Waals surface area contributed by atoms with Crippen molar-refractivity contribution in [2.45, 2.75) is 38.3 Å². The molecule has 0 aliphatic carbocycles. The minimum absolute atomic E-state index is 0.0595. The quantitative estimate of drug-likeness (QED) is 0.383. The summed E-state index contributed by atoms with van der Waals surface area (Å²) in [6.45, 7) is 6.33. The fourth-order valence-electron chi connectivity index (χ4n) is 2.65. The zero-order chi connectivity index (χ0) is 22.6. The average Bonchev–Trinajstić information content (AvgIpc) is 3.17. The van der Waals surface area contributed by atoms with Crippen molar-refractivity contribution in [2.75, 3.05) is 5.32 Å². The molecule has 1 atom stereocenters. The first-order valence-electron chi connectivity index (χ1n) is 9.58. The molecule has 2 aromatic carbocycles. The second kappa shape index (κ2) is 8.96. The zero-order valence-corrected chi connectivity index (χ0v) is 18.3. The standard InChI is InChI=1S/C22H22F3N3O2Si/c1-31(2,3)14-6-9-19(29)21-28-27-20(30-21)17-7-4-5-8-18(17)26-16-12-10-15(11-13-16)22(23,24)25/h4-5,7-8,10-13,19,26,29H,9H2,1-3H3. The largest absolute Gasteiger partial charge is 0.418 e. The highest BCUT2D eigenvalue weighted by Crippen LogP contribution is 2.33. The van der Waals surface area contributed by atoms with E-state index in [-0.39, 0.29) is 18.2 Å². The van der Waals surface area contributed by atoms with Gasteiger partial charge in [-0.05, 0) is 36.4 Å². The summed E-state index contributed by atoms with van der Waals surface area (Å²) in [5.74, 6) is 3.22. The smallest absolute Gasteiger partial charge is 0.416 e. The molecule has 0 saturated carbocycles. The van der Waals surface area contributed by atoms with E-state index in [2.05, 4.69) is 46.6 Å². The molecule has 0 radical (unpaired) electrons. The first-order chi connectivity index (χ1) is 14.5. The molecular weight excluding hydrogens is 423 g/mol. The molecule has 1 aromatic heterocycles. The second-order valence-electron chi connectivity index (χ2n) is 7.96. The van der Waals surface area contributed by atoms with E-state index in [0.717, 1.165) is 12.1 Å². The Labute approximate surface area is 179 Å². The molecule has 9 heteroatoms. The van der Waals surface area contributed by atoms with Crippen LogP contribution < -0.4 is 5.32 Å². The van der Waals surface area contributed by atoms with E-state index in [1.807, 2.05) is 0 Å². The van der Waals surface area contributed by atoms with Crippen LogP contribution in [0.5, 0.6) is 0 Å². The van der Waals surface area contributed by atoms with Gasteiger partial charge < -0.3 is 14.8 Å². The van der Waals surface area contributed by atoms with Crippen LogP contribution in [0.15, 0.2) is 52.9 Å². The summed E-state index contributed by atoms with van der Waals surface area (Å²) in [4.78, 5) is 0. The highest BCUT2D eigenvalue weighted by Gasteiger charge is 2.30. The number of alkyl halides is 3. The SMILES string of the molecule is C[Si](C)(C)C#CCC(O)c1nnc(-c2ccccc2Nc2ccc(C(F)(F)F)cc2)o1. The van der Waals surface area contributed by atoms with Crippen LogP contribution in [-0.2, 0) is 6.18 Å². The van der Waals surface area contributed by atoms with Gasteiger partial charge in [0.05, 0.1) is 16.8 Å². The van der Waals surface area contributed by atoms with Crippen LogP contribution in [0, 0.1) is 11.5 Å². The highest BCUT2D eigenvalue weighted by molar-refractivity contribution is 6.83. The van der Waals surface area contributed by atoms with E-state index in [9.17, 15) is 18.3 Å². The molecule has 0 aliphatic rings. The molecule has 0 fully saturated rings. The predicted molar refractivity (Wildman–Crippen MR) is 115 cm³/mol. The van der Waals surface area contributed by atoms with Gasteiger partial charge >= 0.3 is 6.18 Å². The van der Waals surface area contributed by atoms with Gasteiger partial charge in [-0.2, -0.15) is 13.2 Å². The number of aliphatic hydroxyl groups is 1. The number of hydrogen-bond donors (Lipinski definition) is 2. The third-order valence-corrected chi connectivity index (χ3v) is 5.06. The number of benzene rings is 2. The summed E-state index contributed by atoms with van der Waals surface area (Å²) in [7, 11) is -1.54. The number of nitrogens with one attached hydrogen (secondary N) is 1. The molecule has 3 aromatic rings. The number of aromatic nitrogens is 2. The Kier molecular flexibility index (Phi) is 6.53. The number of aliphatic hydroxyl groups excluding tert-OH is 1. The van der Waals surface area contributed by atoms with Crippen molar-refractivity contribution >= 4 is 19.4 Å². The van der Waals surface area contributed by atoms with Crippen molar-refractivity contribution in [3.05, 3.63) is 60.0 Å². The van der Waals surface area contributed by atoms with E-state index in [4.69, 9.17) is 4.42 Å². The average molecular weight is 446 g/mol. The first-order valence-corrected chi connectivity index (χ1v) is 13.1. The van der Waals surface area contributed by atoms with Crippen LogP contribution in [0.1, 0.15) is 24.0 Å². The number of para-hydroxylation sites is 1. The topological polar surface area (TPSA) is 71.2 Å². The third kappa shape index (κ3) is 6.20. The minimum atomic E-state index is -4.39. The Bertz CT molecular complexity index is 1090. The lowest BCUT2D eigenvalue weighted by Crippen LogP contribution is -2.16. The molecule has 0 amide bonds. The Balaban J connectivity index is 1.78. The molecule has 1 heterocycles. The van der Waals surface area contributed by atoms with Crippen molar-refractivity contribution in [3.8, 4) is 22.9 Å². The van der Waals surface area contributed by atoms with Crippen molar-refractivity contribution < 1.29 is 22.7 Å². The van der Waals surface area contributed by atoms with Gasteiger partial charge in [-0.1, -0.05) is 31.8 Å². The van der Waals surface area contributed by atoms with Crippen molar-refractivity contribution in [2.24, 2.45) is 0 Å². The lowest BCUT2D eigenvalue weighted by molar-refractivity contribution is -0.137.